The van der Waals surface area contributed by atoms with Crippen molar-refractivity contribution in [3.63, 3.8) is 0 Å². The summed E-state index contributed by atoms with van der Waals surface area (Å²) in [6, 6.07) is 29.4. The standard InChI is InChI=1S/C27H31NO2/c29-25-14-11-21(12-15-25)19-28-24-13-16-26(30-20-24)17-18-27(22-7-3-1-4-8-22)23-9-5-2-6-10-23/h1-12,14-15,24,26-29H,13,16-20H2/t24-,26-/m0/s1. The van der Waals surface area contributed by atoms with Gasteiger partial charge in [0, 0.05) is 18.5 Å². The van der Waals surface area contributed by atoms with Crippen LogP contribution in [0.1, 0.15) is 48.3 Å². The van der Waals surface area contributed by atoms with E-state index in [4.69, 9.17) is 4.74 Å². The molecule has 0 aliphatic carbocycles. The van der Waals surface area contributed by atoms with Crippen LogP contribution in [0.25, 0.3) is 0 Å². The quantitative estimate of drug-likeness (QED) is 0.513. The van der Waals surface area contributed by atoms with Crippen LogP contribution in [0.15, 0.2) is 84.9 Å². The summed E-state index contributed by atoms with van der Waals surface area (Å²) in [5, 5.41) is 13.0. The first-order valence-electron chi connectivity index (χ1n) is 11.0. The zero-order chi connectivity index (χ0) is 20.6. The van der Waals surface area contributed by atoms with Crippen LogP contribution >= 0.6 is 0 Å². The Morgan fingerprint density at radius 2 is 1.47 bits per heavy atom. The SMILES string of the molecule is Oc1ccc(CN[C@H]2CC[C@@H](CCC(c3ccccc3)c3ccccc3)OC2)cc1. The number of hydrogen-bond acceptors (Lipinski definition) is 3. The lowest BCUT2D eigenvalue weighted by molar-refractivity contribution is -0.00866. The van der Waals surface area contributed by atoms with Crippen molar-refractivity contribution >= 4 is 0 Å². The molecule has 30 heavy (non-hydrogen) atoms. The number of benzene rings is 3. The van der Waals surface area contributed by atoms with Gasteiger partial charge < -0.3 is 15.2 Å². The highest BCUT2D eigenvalue weighted by molar-refractivity contribution is 5.32. The van der Waals surface area contributed by atoms with Gasteiger partial charge in [-0.1, -0.05) is 72.8 Å². The van der Waals surface area contributed by atoms with Gasteiger partial charge in [-0.3, -0.25) is 0 Å². The zero-order valence-electron chi connectivity index (χ0n) is 17.4. The molecule has 2 N–H and O–H groups in total. The normalized spacial score (nSPS) is 19.1. The van der Waals surface area contributed by atoms with Crippen LogP contribution in [0.2, 0.25) is 0 Å². The van der Waals surface area contributed by atoms with E-state index in [1.54, 1.807) is 12.1 Å². The van der Waals surface area contributed by atoms with Crippen LogP contribution in [0.4, 0.5) is 0 Å². The van der Waals surface area contributed by atoms with E-state index in [1.807, 2.05) is 12.1 Å². The van der Waals surface area contributed by atoms with Gasteiger partial charge in [0.1, 0.15) is 5.75 Å². The number of aromatic hydroxyl groups is 1. The third kappa shape index (κ3) is 5.71. The number of phenolic OH excluding ortho intramolecular Hbond substituents is 1. The van der Waals surface area contributed by atoms with Crippen LogP contribution < -0.4 is 5.32 Å². The molecular weight excluding hydrogens is 370 g/mol. The molecule has 1 saturated heterocycles. The summed E-state index contributed by atoms with van der Waals surface area (Å²) in [7, 11) is 0. The molecule has 1 fully saturated rings. The summed E-state index contributed by atoms with van der Waals surface area (Å²) < 4.78 is 6.22. The maximum absolute atomic E-state index is 9.40. The molecule has 0 amide bonds. The molecule has 3 nitrogen and oxygen atoms in total. The summed E-state index contributed by atoms with van der Waals surface area (Å²) in [6.07, 6.45) is 4.77. The molecule has 3 heteroatoms. The van der Waals surface area contributed by atoms with E-state index >= 15 is 0 Å². The van der Waals surface area contributed by atoms with E-state index in [1.165, 1.54) is 16.7 Å². The minimum Gasteiger partial charge on any atom is -0.508 e. The molecule has 1 aliphatic heterocycles. The van der Waals surface area contributed by atoms with Crippen molar-refractivity contribution < 1.29 is 9.84 Å². The number of rotatable bonds is 8. The third-order valence-corrected chi connectivity index (χ3v) is 6.08. The fraction of sp³-hybridized carbons (Fsp3) is 0.333. The van der Waals surface area contributed by atoms with Gasteiger partial charge in [-0.15, -0.1) is 0 Å². The molecule has 0 saturated carbocycles. The van der Waals surface area contributed by atoms with Crippen LogP contribution in [0.3, 0.4) is 0 Å². The van der Waals surface area contributed by atoms with Crippen LogP contribution in [0.5, 0.6) is 5.75 Å². The first-order chi connectivity index (χ1) is 14.8. The average molecular weight is 402 g/mol. The van der Waals surface area contributed by atoms with E-state index in [9.17, 15) is 5.11 Å². The Bertz CT molecular complexity index is 832. The highest BCUT2D eigenvalue weighted by atomic mass is 16.5. The Labute approximate surface area is 179 Å². The highest BCUT2D eigenvalue weighted by Gasteiger charge is 2.23. The molecule has 0 aromatic heterocycles. The van der Waals surface area contributed by atoms with Crippen molar-refractivity contribution in [3.05, 3.63) is 102 Å². The van der Waals surface area contributed by atoms with Crippen LogP contribution in [0, 0.1) is 0 Å². The van der Waals surface area contributed by atoms with Crippen LogP contribution in [-0.4, -0.2) is 23.9 Å². The second-order valence-corrected chi connectivity index (χ2v) is 8.23. The Balaban J connectivity index is 1.27. The van der Waals surface area contributed by atoms with Crippen molar-refractivity contribution in [1.29, 1.82) is 0 Å². The van der Waals surface area contributed by atoms with Crippen molar-refractivity contribution in [1.82, 2.24) is 5.32 Å². The molecular formula is C27H31NO2. The summed E-state index contributed by atoms with van der Waals surface area (Å²) in [5.74, 6) is 0.730. The molecule has 0 spiro atoms. The Morgan fingerprint density at radius 1 is 0.833 bits per heavy atom. The largest absolute Gasteiger partial charge is 0.508 e. The predicted molar refractivity (Wildman–Crippen MR) is 122 cm³/mol. The van der Waals surface area contributed by atoms with Gasteiger partial charge in [-0.2, -0.15) is 0 Å². The van der Waals surface area contributed by atoms with E-state index in [0.717, 1.165) is 38.8 Å². The van der Waals surface area contributed by atoms with Gasteiger partial charge in [0.2, 0.25) is 0 Å². The third-order valence-electron chi connectivity index (χ3n) is 6.08. The number of phenols is 1. The molecule has 1 heterocycles. The molecule has 0 unspecified atom stereocenters. The summed E-state index contributed by atoms with van der Waals surface area (Å²) in [4.78, 5) is 0. The average Bonchev–Trinajstić information content (AvgIpc) is 2.81. The van der Waals surface area contributed by atoms with E-state index < -0.39 is 0 Å². The molecule has 1 aliphatic rings. The minimum atomic E-state index is 0.312. The lowest BCUT2D eigenvalue weighted by Crippen LogP contribution is -2.39. The molecule has 0 bridgehead atoms. The number of ether oxygens (including phenoxy) is 1. The van der Waals surface area contributed by atoms with Gasteiger partial charge in [-0.05, 0) is 54.5 Å². The summed E-state index contributed by atoms with van der Waals surface area (Å²) in [6.45, 7) is 1.58. The highest BCUT2D eigenvalue weighted by Crippen LogP contribution is 2.31. The second kappa shape index (κ2) is 10.4. The maximum Gasteiger partial charge on any atom is 0.115 e. The summed E-state index contributed by atoms with van der Waals surface area (Å²) in [5.41, 5.74) is 3.95. The first-order valence-corrected chi connectivity index (χ1v) is 11.0. The van der Waals surface area contributed by atoms with Gasteiger partial charge in [0.05, 0.1) is 12.7 Å². The Kier molecular flexibility index (Phi) is 7.17. The van der Waals surface area contributed by atoms with Gasteiger partial charge in [0.15, 0.2) is 0 Å². The topological polar surface area (TPSA) is 41.5 Å². The fourth-order valence-corrected chi connectivity index (χ4v) is 4.32. The predicted octanol–water partition coefficient (Wildman–Crippen LogP) is 5.64. The van der Waals surface area contributed by atoms with Gasteiger partial charge >= 0.3 is 0 Å². The Morgan fingerprint density at radius 3 is 2.03 bits per heavy atom. The Hall–Kier alpha value is -2.62. The van der Waals surface area contributed by atoms with Crippen molar-refractivity contribution in [2.45, 2.75) is 50.3 Å². The van der Waals surface area contributed by atoms with E-state index in [-0.39, 0.29) is 0 Å². The molecule has 3 aromatic rings. The summed E-state index contributed by atoms with van der Waals surface area (Å²) >= 11 is 0. The van der Waals surface area contributed by atoms with Crippen molar-refractivity contribution in [2.24, 2.45) is 0 Å². The lowest BCUT2D eigenvalue weighted by Gasteiger charge is -2.31. The minimum absolute atomic E-state index is 0.312. The maximum atomic E-state index is 9.40. The fourth-order valence-electron chi connectivity index (χ4n) is 4.32. The second-order valence-electron chi connectivity index (χ2n) is 8.23. The molecule has 4 rings (SSSR count). The zero-order valence-corrected chi connectivity index (χ0v) is 17.4. The number of hydrogen-bond donors (Lipinski definition) is 2. The molecule has 3 aromatic carbocycles. The molecule has 2 atom stereocenters. The van der Waals surface area contributed by atoms with Gasteiger partial charge in [0.25, 0.3) is 0 Å². The molecule has 156 valence electrons. The van der Waals surface area contributed by atoms with Crippen molar-refractivity contribution in [3.8, 4) is 5.75 Å². The van der Waals surface area contributed by atoms with Gasteiger partial charge in [-0.25, -0.2) is 0 Å². The van der Waals surface area contributed by atoms with Crippen molar-refractivity contribution in [2.75, 3.05) is 6.61 Å². The smallest absolute Gasteiger partial charge is 0.115 e. The van der Waals surface area contributed by atoms with E-state index in [0.29, 0.717) is 23.8 Å². The molecule has 0 radical (unpaired) electrons. The first kappa shape index (κ1) is 20.6. The van der Waals surface area contributed by atoms with E-state index in [2.05, 4.69) is 66.0 Å². The number of nitrogens with one attached hydrogen (secondary N) is 1. The lowest BCUT2D eigenvalue weighted by atomic mass is 9.86. The monoisotopic (exact) mass is 401 g/mol. The van der Waals surface area contributed by atoms with Crippen LogP contribution in [-0.2, 0) is 11.3 Å².